The largest absolute Gasteiger partial charge is 0.481 e. The van der Waals surface area contributed by atoms with E-state index in [1.165, 1.54) is 0 Å². The first-order valence-electron chi connectivity index (χ1n) is 5.27. The van der Waals surface area contributed by atoms with Crippen LogP contribution in [0.1, 0.15) is 25.7 Å². The van der Waals surface area contributed by atoms with Crippen LogP contribution in [0.4, 0.5) is 0 Å². The lowest BCUT2D eigenvalue weighted by Crippen LogP contribution is -2.21. The van der Waals surface area contributed by atoms with Crippen LogP contribution in [-0.4, -0.2) is 35.6 Å². The third-order valence-electron chi connectivity index (χ3n) is 2.79. The Hall–Kier alpha value is -0.830. The van der Waals surface area contributed by atoms with Gasteiger partial charge >= 0.3 is 5.97 Å². The van der Waals surface area contributed by atoms with E-state index in [-0.39, 0.29) is 0 Å². The van der Waals surface area contributed by atoms with Gasteiger partial charge in [0.2, 0.25) is 0 Å². The lowest BCUT2D eigenvalue weighted by atomic mass is 10.0. The lowest BCUT2D eigenvalue weighted by molar-refractivity contribution is -0.137. The second-order valence-corrected chi connectivity index (χ2v) is 3.97. The van der Waals surface area contributed by atoms with E-state index in [0.29, 0.717) is 12.3 Å². The Morgan fingerprint density at radius 1 is 1.64 bits per heavy atom. The van der Waals surface area contributed by atoms with Gasteiger partial charge in [-0.2, -0.15) is 0 Å². The molecule has 1 aliphatic rings. The fraction of sp³-hybridized carbons (Fsp3) is 0.727. The highest BCUT2D eigenvalue weighted by Gasteiger charge is 2.21. The van der Waals surface area contributed by atoms with Crippen molar-refractivity contribution in [1.82, 2.24) is 4.90 Å². The molecular weight excluding hydrogens is 178 g/mol. The van der Waals surface area contributed by atoms with Gasteiger partial charge in [-0.15, -0.1) is 6.58 Å². The molecule has 80 valence electrons. The number of hydrogen-bond donors (Lipinski definition) is 1. The molecule has 0 spiro atoms. The molecule has 0 aromatic rings. The summed E-state index contributed by atoms with van der Waals surface area (Å²) in [7, 11) is 0. The first-order chi connectivity index (χ1) is 6.72. The average Bonchev–Trinajstić information content (AvgIpc) is 2.59. The van der Waals surface area contributed by atoms with E-state index in [0.717, 1.165) is 38.9 Å². The molecule has 0 amide bonds. The fourth-order valence-corrected chi connectivity index (χ4v) is 1.95. The molecule has 3 heteroatoms. The molecule has 1 aliphatic heterocycles. The molecule has 1 atom stereocenters. The molecule has 0 aromatic carbocycles. The standard InChI is InChI=1S/C11H19NO2/c1-2-3-7-12-8-6-10(9-12)4-5-11(13)14/h2,10H,1,3-9H2,(H,13,14). The third kappa shape index (κ3) is 3.92. The number of aliphatic carboxylic acids is 1. The van der Waals surface area contributed by atoms with Gasteiger partial charge in [0.1, 0.15) is 0 Å². The van der Waals surface area contributed by atoms with Gasteiger partial charge in [0.15, 0.2) is 0 Å². The van der Waals surface area contributed by atoms with Crippen LogP contribution in [0.5, 0.6) is 0 Å². The summed E-state index contributed by atoms with van der Waals surface area (Å²) in [5, 5.41) is 8.55. The van der Waals surface area contributed by atoms with Crippen molar-refractivity contribution in [3.8, 4) is 0 Å². The quantitative estimate of drug-likeness (QED) is 0.659. The Morgan fingerprint density at radius 3 is 3.07 bits per heavy atom. The summed E-state index contributed by atoms with van der Waals surface area (Å²) in [4.78, 5) is 12.8. The molecular formula is C11H19NO2. The van der Waals surface area contributed by atoms with Gasteiger partial charge in [-0.1, -0.05) is 6.08 Å². The van der Waals surface area contributed by atoms with Crippen molar-refractivity contribution in [2.45, 2.75) is 25.7 Å². The van der Waals surface area contributed by atoms with Crippen LogP contribution in [0.3, 0.4) is 0 Å². The van der Waals surface area contributed by atoms with Crippen molar-refractivity contribution in [3.63, 3.8) is 0 Å². The van der Waals surface area contributed by atoms with Crippen LogP contribution in [-0.2, 0) is 4.79 Å². The second-order valence-electron chi connectivity index (χ2n) is 3.97. The van der Waals surface area contributed by atoms with E-state index >= 15 is 0 Å². The van der Waals surface area contributed by atoms with E-state index in [2.05, 4.69) is 11.5 Å². The molecule has 14 heavy (non-hydrogen) atoms. The molecule has 0 aliphatic carbocycles. The Balaban J connectivity index is 2.13. The SMILES string of the molecule is C=CCCN1CCC(CCC(=O)O)C1. The van der Waals surface area contributed by atoms with Crippen LogP contribution >= 0.6 is 0 Å². The monoisotopic (exact) mass is 197 g/mol. The number of carbonyl (C=O) groups is 1. The zero-order chi connectivity index (χ0) is 10.4. The van der Waals surface area contributed by atoms with Crippen LogP contribution in [0, 0.1) is 5.92 Å². The number of likely N-dealkylation sites (tertiary alicyclic amines) is 1. The number of nitrogens with zero attached hydrogens (tertiary/aromatic N) is 1. The lowest BCUT2D eigenvalue weighted by Gasteiger charge is -2.14. The Bertz CT molecular complexity index is 203. The molecule has 1 N–H and O–H groups in total. The zero-order valence-corrected chi connectivity index (χ0v) is 8.61. The van der Waals surface area contributed by atoms with Crippen molar-refractivity contribution in [1.29, 1.82) is 0 Å². The minimum Gasteiger partial charge on any atom is -0.481 e. The smallest absolute Gasteiger partial charge is 0.303 e. The minimum atomic E-state index is -0.672. The van der Waals surface area contributed by atoms with E-state index in [1.54, 1.807) is 0 Å². The normalized spacial score (nSPS) is 22.4. The van der Waals surface area contributed by atoms with E-state index in [9.17, 15) is 4.79 Å². The van der Waals surface area contributed by atoms with Crippen LogP contribution < -0.4 is 0 Å². The zero-order valence-electron chi connectivity index (χ0n) is 8.61. The van der Waals surface area contributed by atoms with Crippen molar-refractivity contribution in [2.24, 2.45) is 5.92 Å². The summed E-state index contributed by atoms with van der Waals surface area (Å²) >= 11 is 0. The number of rotatable bonds is 6. The molecule has 1 fully saturated rings. The van der Waals surface area contributed by atoms with Crippen molar-refractivity contribution in [3.05, 3.63) is 12.7 Å². The van der Waals surface area contributed by atoms with E-state index < -0.39 is 5.97 Å². The Kier molecular flexibility index (Phi) is 4.66. The average molecular weight is 197 g/mol. The van der Waals surface area contributed by atoms with Gasteiger partial charge in [0, 0.05) is 19.5 Å². The predicted octanol–water partition coefficient (Wildman–Crippen LogP) is 1.75. The molecule has 1 heterocycles. The van der Waals surface area contributed by atoms with Gasteiger partial charge in [-0.3, -0.25) is 4.79 Å². The molecule has 3 nitrogen and oxygen atoms in total. The summed E-state index contributed by atoms with van der Waals surface area (Å²) in [5.41, 5.74) is 0. The first kappa shape index (κ1) is 11.2. The van der Waals surface area contributed by atoms with Gasteiger partial charge < -0.3 is 10.0 Å². The van der Waals surface area contributed by atoms with Gasteiger partial charge in [0.05, 0.1) is 0 Å². The Labute approximate surface area is 85.4 Å². The highest BCUT2D eigenvalue weighted by atomic mass is 16.4. The Morgan fingerprint density at radius 2 is 2.43 bits per heavy atom. The maximum Gasteiger partial charge on any atom is 0.303 e. The fourth-order valence-electron chi connectivity index (χ4n) is 1.95. The molecule has 0 bridgehead atoms. The molecule has 1 saturated heterocycles. The summed E-state index contributed by atoms with van der Waals surface area (Å²) in [6.07, 6.45) is 5.28. The molecule has 1 rings (SSSR count). The number of carboxylic acids is 1. The topological polar surface area (TPSA) is 40.5 Å². The summed E-state index contributed by atoms with van der Waals surface area (Å²) in [5.74, 6) is -0.0783. The third-order valence-corrected chi connectivity index (χ3v) is 2.79. The van der Waals surface area contributed by atoms with Gasteiger partial charge in [0.25, 0.3) is 0 Å². The predicted molar refractivity (Wildman–Crippen MR) is 56.2 cm³/mol. The van der Waals surface area contributed by atoms with Crippen molar-refractivity contribution in [2.75, 3.05) is 19.6 Å². The summed E-state index contributed by atoms with van der Waals surface area (Å²) in [6, 6.07) is 0. The van der Waals surface area contributed by atoms with Crippen molar-refractivity contribution < 1.29 is 9.90 Å². The van der Waals surface area contributed by atoms with E-state index in [1.807, 2.05) is 6.08 Å². The maximum atomic E-state index is 10.4. The highest BCUT2D eigenvalue weighted by molar-refractivity contribution is 5.66. The van der Waals surface area contributed by atoms with Crippen LogP contribution in [0.25, 0.3) is 0 Å². The maximum absolute atomic E-state index is 10.4. The summed E-state index contributed by atoms with van der Waals surface area (Å²) < 4.78 is 0. The van der Waals surface area contributed by atoms with Crippen LogP contribution in [0.2, 0.25) is 0 Å². The molecule has 1 unspecified atom stereocenters. The molecule has 0 radical (unpaired) electrons. The number of hydrogen-bond acceptors (Lipinski definition) is 2. The van der Waals surface area contributed by atoms with E-state index in [4.69, 9.17) is 5.11 Å². The molecule has 0 saturated carbocycles. The second kappa shape index (κ2) is 5.81. The van der Waals surface area contributed by atoms with Crippen LogP contribution in [0.15, 0.2) is 12.7 Å². The summed E-state index contributed by atoms with van der Waals surface area (Å²) in [6.45, 7) is 6.97. The molecule has 0 aromatic heterocycles. The highest BCUT2D eigenvalue weighted by Crippen LogP contribution is 2.20. The first-order valence-corrected chi connectivity index (χ1v) is 5.27. The van der Waals surface area contributed by atoms with Crippen molar-refractivity contribution >= 4 is 5.97 Å². The van der Waals surface area contributed by atoms with Gasteiger partial charge in [-0.05, 0) is 31.7 Å². The number of carboxylic acid groups (broad SMARTS) is 1. The van der Waals surface area contributed by atoms with Gasteiger partial charge in [-0.25, -0.2) is 0 Å². The minimum absolute atomic E-state index is 0.319.